The Labute approximate surface area is 148 Å². The number of nitrogens with zero attached hydrogens (tertiary/aromatic N) is 1. The highest BCUT2D eigenvalue weighted by atomic mass is 32.2. The molecule has 1 aliphatic rings. The van der Waals surface area contributed by atoms with Gasteiger partial charge in [-0.2, -0.15) is 0 Å². The maximum Gasteiger partial charge on any atom is 0.264 e. The topological polar surface area (TPSA) is 66.5 Å². The molecule has 0 unspecified atom stereocenters. The van der Waals surface area contributed by atoms with Gasteiger partial charge in [0, 0.05) is 18.7 Å². The van der Waals surface area contributed by atoms with Crippen molar-refractivity contribution in [2.24, 2.45) is 0 Å². The lowest BCUT2D eigenvalue weighted by Gasteiger charge is -2.25. The molecular formula is C19H22N2O3S. The van der Waals surface area contributed by atoms with Crippen LogP contribution >= 0.6 is 0 Å². The molecule has 0 aliphatic heterocycles. The van der Waals surface area contributed by atoms with Crippen LogP contribution in [0.3, 0.4) is 0 Å². The lowest BCUT2D eigenvalue weighted by molar-refractivity contribution is -0.114. The first-order valence-corrected chi connectivity index (χ1v) is 9.72. The Kier molecular flexibility index (Phi) is 4.56. The molecule has 1 saturated carbocycles. The molecule has 0 heterocycles. The molecule has 2 aromatic carbocycles. The second-order valence-electron chi connectivity index (χ2n) is 6.53. The average molecular weight is 358 g/mol. The molecule has 3 rings (SSSR count). The lowest BCUT2D eigenvalue weighted by atomic mass is 10.2. The van der Waals surface area contributed by atoms with E-state index in [1.807, 2.05) is 26.0 Å². The van der Waals surface area contributed by atoms with E-state index in [1.54, 1.807) is 30.3 Å². The van der Waals surface area contributed by atoms with Crippen molar-refractivity contribution in [3.8, 4) is 0 Å². The number of amides is 1. The number of anilines is 2. The summed E-state index contributed by atoms with van der Waals surface area (Å²) in [5.74, 6) is -0.158. The summed E-state index contributed by atoms with van der Waals surface area (Å²) >= 11 is 0. The summed E-state index contributed by atoms with van der Waals surface area (Å²) in [5, 5.41) is 2.70. The third-order valence-corrected chi connectivity index (χ3v) is 6.22. The molecule has 1 aliphatic carbocycles. The number of hydrogen-bond donors (Lipinski definition) is 1. The molecule has 0 bridgehead atoms. The molecule has 1 N–H and O–H groups in total. The van der Waals surface area contributed by atoms with Crippen LogP contribution in [0.15, 0.2) is 47.4 Å². The second kappa shape index (κ2) is 6.52. The molecule has 6 heteroatoms. The smallest absolute Gasteiger partial charge is 0.264 e. The van der Waals surface area contributed by atoms with Crippen molar-refractivity contribution in [1.29, 1.82) is 0 Å². The van der Waals surface area contributed by atoms with Crippen LogP contribution in [-0.2, 0) is 14.8 Å². The van der Waals surface area contributed by atoms with Crippen molar-refractivity contribution >= 4 is 27.3 Å². The van der Waals surface area contributed by atoms with Gasteiger partial charge in [-0.15, -0.1) is 0 Å². The zero-order valence-corrected chi connectivity index (χ0v) is 15.4. The molecule has 0 radical (unpaired) electrons. The molecule has 5 nitrogen and oxygen atoms in total. The first kappa shape index (κ1) is 17.5. The van der Waals surface area contributed by atoms with Gasteiger partial charge >= 0.3 is 0 Å². The molecule has 0 saturated heterocycles. The van der Waals surface area contributed by atoms with Gasteiger partial charge in [0.05, 0.1) is 10.6 Å². The Balaban J connectivity index is 2.01. The summed E-state index contributed by atoms with van der Waals surface area (Å²) in [4.78, 5) is 11.5. The largest absolute Gasteiger partial charge is 0.326 e. The van der Waals surface area contributed by atoms with E-state index in [0.717, 1.165) is 24.0 Å². The SMILES string of the molecule is CC(=O)Nc1ccc(N(C2CC2)S(=O)(=O)c2cc(C)ccc2C)cc1. The van der Waals surface area contributed by atoms with Gasteiger partial charge in [-0.05, 0) is 68.1 Å². The lowest BCUT2D eigenvalue weighted by Crippen LogP contribution is -2.33. The fourth-order valence-corrected chi connectivity index (χ4v) is 4.87. The number of benzene rings is 2. The van der Waals surface area contributed by atoms with E-state index < -0.39 is 10.0 Å². The first-order valence-electron chi connectivity index (χ1n) is 8.28. The van der Waals surface area contributed by atoms with Gasteiger partial charge in [-0.3, -0.25) is 9.10 Å². The molecule has 0 atom stereocenters. The average Bonchev–Trinajstić information content (AvgIpc) is 3.35. The van der Waals surface area contributed by atoms with Crippen molar-refractivity contribution in [3.05, 3.63) is 53.6 Å². The molecule has 0 spiro atoms. The highest BCUT2D eigenvalue weighted by molar-refractivity contribution is 7.93. The molecule has 132 valence electrons. The maximum atomic E-state index is 13.3. The zero-order chi connectivity index (χ0) is 18.2. The second-order valence-corrected chi connectivity index (χ2v) is 8.31. The summed E-state index contributed by atoms with van der Waals surface area (Å²) in [7, 11) is -3.63. The monoisotopic (exact) mass is 358 g/mol. The third-order valence-electron chi connectivity index (χ3n) is 4.20. The Bertz CT molecular complexity index is 901. The molecule has 1 fully saturated rings. The Morgan fingerprint density at radius 1 is 1.08 bits per heavy atom. The fourth-order valence-electron chi connectivity index (χ4n) is 2.84. The predicted octanol–water partition coefficient (Wildman–Crippen LogP) is 3.62. The van der Waals surface area contributed by atoms with Crippen molar-refractivity contribution in [2.75, 3.05) is 9.62 Å². The summed E-state index contributed by atoms with van der Waals surface area (Å²) in [6.07, 6.45) is 1.72. The van der Waals surface area contributed by atoms with Crippen LogP contribution in [0.2, 0.25) is 0 Å². The fraction of sp³-hybridized carbons (Fsp3) is 0.316. The third kappa shape index (κ3) is 3.69. The standard InChI is InChI=1S/C19H22N2O3S/c1-13-4-5-14(2)19(12-13)25(23,24)21(18-10-11-18)17-8-6-16(7-9-17)20-15(3)22/h4-9,12,18H,10-11H2,1-3H3,(H,20,22). The van der Waals surface area contributed by atoms with E-state index in [9.17, 15) is 13.2 Å². The van der Waals surface area contributed by atoms with E-state index in [-0.39, 0.29) is 11.9 Å². The van der Waals surface area contributed by atoms with E-state index in [0.29, 0.717) is 16.3 Å². The van der Waals surface area contributed by atoms with E-state index in [1.165, 1.54) is 11.2 Å². The molecule has 25 heavy (non-hydrogen) atoms. The van der Waals surface area contributed by atoms with Gasteiger partial charge in [-0.1, -0.05) is 12.1 Å². The summed E-state index contributed by atoms with van der Waals surface area (Å²) < 4.78 is 28.1. The number of rotatable bonds is 5. The number of sulfonamides is 1. The summed E-state index contributed by atoms with van der Waals surface area (Å²) in [6, 6.07) is 12.4. The van der Waals surface area contributed by atoms with Crippen molar-refractivity contribution in [1.82, 2.24) is 0 Å². The van der Waals surface area contributed by atoms with Gasteiger partial charge in [0.25, 0.3) is 10.0 Å². The van der Waals surface area contributed by atoms with Gasteiger partial charge in [-0.25, -0.2) is 8.42 Å². The number of nitrogens with one attached hydrogen (secondary N) is 1. The van der Waals surface area contributed by atoms with Gasteiger partial charge < -0.3 is 5.32 Å². The van der Waals surface area contributed by atoms with Crippen LogP contribution in [0.25, 0.3) is 0 Å². The minimum atomic E-state index is -3.63. The van der Waals surface area contributed by atoms with Crippen molar-refractivity contribution in [3.63, 3.8) is 0 Å². The first-order chi connectivity index (χ1) is 11.8. The van der Waals surface area contributed by atoms with Crippen LogP contribution in [0.4, 0.5) is 11.4 Å². The summed E-state index contributed by atoms with van der Waals surface area (Å²) in [6.45, 7) is 5.15. The Hall–Kier alpha value is -2.34. The molecule has 2 aromatic rings. The summed E-state index contributed by atoms with van der Waals surface area (Å²) in [5.41, 5.74) is 2.93. The van der Waals surface area contributed by atoms with Crippen LogP contribution in [0.1, 0.15) is 30.9 Å². The van der Waals surface area contributed by atoms with Crippen LogP contribution in [-0.4, -0.2) is 20.4 Å². The Morgan fingerprint density at radius 2 is 1.72 bits per heavy atom. The van der Waals surface area contributed by atoms with Crippen molar-refractivity contribution < 1.29 is 13.2 Å². The number of hydrogen-bond acceptors (Lipinski definition) is 3. The minimum absolute atomic E-state index is 0.00321. The zero-order valence-electron chi connectivity index (χ0n) is 14.6. The molecule has 1 amide bonds. The molecule has 0 aromatic heterocycles. The maximum absolute atomic E-state index is 13.3. The van der Waals surface area contributed by atoms with Gasteiger partial charge in [0.1, 0.15) is 0 Å². The van der Waals surface area contributed by atoms with E-state index >= 15 is 0 Å². The van der Waals surface area contributed by atoms with Gasteiger partial charge in [0.15, 0.2) is 0 Å². The van der Waals surface area contributed by atoms with Crippen LogP contribution in [0, 0.1) is 13.8 Å². The normalized spacial score (nSPS) is 14.2. The van der Waals surface area contributed by atoms with E-state index in [2.05, 4.69) is 5.32 Å². The highest BCUT2D eigenvalue weighted by Gasteiger charge is 2.38. The number of carbonyl (C=O) groups excluding carboxylic acids is 1. The van der Waals surface area contributed by atoms with Crippen molar-refractivity contribution in [2.45, 2.75) is 44.6 Å². The van der Waals surface area contributed by atoms with Gasteiger partial charge in [0.2, 0.25) is 5.91 Å². The Morgan fingerprint density at radius 3 is 2.28 bits per heavy atom. The quantitative estimate of drug-likeness (QED) is 0.888. The number of carbonyl (C=O) groups is 1. The number of aryl methyl sites for hydroxylation is 2. The predicted molar refractivity (Wildman–Crippen MR) is 99.3 cm³/mol. The van der Waals surface area contributed by atoms with Crippen LogP contribution in [0.5, 0.6) is 0 Å². The van der Waals surface area contributed by atoms with Crippen LogP contribution < -0.4 is 9.62 Å². The van der Waals surface area contributed by atoms with E-state index in [4.69, 9.17) is 0 Å². The minimum Gasteiger partial charge on any atom is -0.326 e. The highest BCUT2D eigenvalue weighted by Crippen LogP contribution is 2.37. The molecular weight excluding hydrogens is 336 g/mol.